The highest BCUT2D eigenvalue weighted by Gasteiger charge is 2.15. The number of halogens is 1. The molecule has 0 aliphatic carbocycles. The standard InChI is InChI=1S/C7H9FN4O3/c8-1-2-12(6(9)14)4-3-10-7(15)11-5(4)13/h3H,1-2H2,(H2,9,14)(H2,10,11,13,15). The van der Waals surface area contributed by atoms with Crippen LogP contribution in [-0.4, -0.2) is 29.2 Å². The van der Waals surface area contributed by atoms with E-state index in [9.17, 15) is 18.8 Å². The summed E-state index contributed by atoms with van der Waals surface area (Å²) in [4.78, 5) is 37.5. The number of nitrogens with zero attached hydrogens (tertiary/aromatic N) is 1. The van der Waals surface area contributed by atoms with Gasteiger partial charge in [0.05, 0.1) is 6.54 Å². The molecule has 4 N–H and O–H groups in total. The van der Waals surface area contributed by atoms with Gasteiger partial charge >= 0.3 is 11.7 Å². The average molecular weight is 216 g/mol. The molecule has 0 saturated carbocycles. The molecule has 82 valence electrons. The third kappa shape index (κ3) is 2.42. The third-order valence-electron chi connectivity index (χ3n) is 1.66. The quantitative estimate of drug-likeness (QED) is 0.597. The summed E-state index contributed by atoms with van der Waals surface area (Å²) in [5.41, 5.74) is 3.23. The van der Waals surface area contributed by atoms with Crippen LogP contribution in [0, 0.1) is 0 Å². The zero-order valence-electron chi connectivity index (χ0n) is 7.62. The Morgan fingerprint density at radius 1 is 1.53 bits per heavy atom. The van der Waals surface area contributed by atoms with E-state index in [1.807, 2.05) is 4.98 Å². The van der Waals surface area contributed by atoms with Gasteiger partial charge in [0.1, 0.15) is 12.4 Å². The van der Waals surface area contributed by atoms with Crippen molar-refractivity contribution in [2.45, 2.75) is 0 Å². The van der Waals surface area contributed by atoms with Gasteiger partial charge in [0.15, 0.2) is 0 Å². The molecule has 0 fully saturated rings. The molecule has 1 aromatic heterocycles. The fourth-order valence-electron chi connectivity index (χ4n) is 1.04. The first-order valence-electron chi connectivity index (χ1n) is 4.01. The Balaban J connectivity index is 3.17. The van der Waals surface area contributed by atoms with Crippen molar-refractivity contribution >= 4 is 11.7 Å². The highest BCUT2D eigenvalue weighted by molar-refractivity contribution is 5.90. The molecule has 8 heteroatoms. The summed E-state index contributed by atoms with van der Waals surface area (Å²) in [6, 6.07) is -0.967. The van der Waals surface area contributed by atoms with Crippen LogP contribution in [0.1, 0.15) is 0 Å². The SMILES string of the molecule is NC(=O)N(CCF)c1c[nH]c(=O)[nH]c1=O. The first-order valence-corrected chi connectivity index (χ1v) is 4.01. The van der Waals surface area contributed by atoms with E-state index in [1.165, 1.54) is 0 Å². The Morgan fingerprint density at radius 3 is 2.67 bits per heavy atom. The van der Waals surface area contributed by atoms with Gasteiger partial charge in [0, 0.05) is 6.20 Å². The van der Waals surface area contributed by atoms with Crippen molar-refractivity contribution in [3.05, 3.63) is 27.0 Å². The molecular weight excluding hydrogens is 207 g/mol. The third-order valence-corrected chi connectivity index (χ3v) is 1.66. The molecule has 0 aliphatic heterocycles. The highest BCUT2D eigenvalue weighted by Crippen LogP contribution is 2.03. The van der Waals surface area contributed by atoms with Crippen LogP contribution in [0.4, 0.5) is 14.9 Å². The number of alkyl halides is 1. The maximum absolute atomic E-state index is 12.1. The van der Waals surface area contributed by atoms with Crippen LogP contribution in [0.5, 0.6) is 0 Å². The molecule has 0 spiro atoms. The van der Waals surface area contributed by atoms with Gasteiger partial charge in [-0.15, -0.1) is 0 Å². The number of primary amides is 1. The summed E-state index contributed by atoms with van der Waals surface area (Å²) >= 11 is 0. The molecule has 0 radical (unpaired) electrons. The van der Waals surface area contributed by atoms with Gasteiger partial charge in [-0.2, -0.15) is 0 Å². The van der Waals surface area contributed by atoms with Crippen molar-refractivity contribution in [2.75, 3.05) is 18.1 Å². The number of carbonyl (C=O) groups is 1. The van der Waals surface area contributed by atoms with E-state index < -0.39 is 24.0 Å². The van der Waals surface area contributed by atoms with E-state index in [-0.39, 0.29) is 12.2 Å². The molecule has 0 aliphatic rings. The van der Waals surface area contributed by atoms with Crippen LogP contribution in [0.3, 0.4) is 0 Å². The molecule has 0 unspecified atom stereocenters. The molecule has 0 aromatic carbocycles. The van der Waals surface area contributed by atoms with E-state index in [0.29, 0.717) is 0 Å². The number of aromatic amines is 2. The van der Waals surface area contributed by atoms with Crippen molar-refractivity contribution in [3.8, 4) is 0 Å². The van der Waals surface area contributed by atoms with Gasteiger partial charge in [-0.25, -0.2) is 14.0 Å². The van der Waals surface area contributed by atoms with Crippen molar-refractivity contribution in [2.24, 2.45) is 5.73 Å². The predicted octanol–water partition coefficient (Wildman–Crippen LogP) is -1.08. The summed E-state index contributed by atoms with van der Waals surface area (Å²) < 4.78 is 12.1. The highest BCUT2D eigenvalue weighted by atomic mass is 19.1. The fourth-order valence-corrected chi connectivity index (χ4v) is 1.04. The lowest BCUT2D eigenvalue weighted by Crippen LogP contribution is -2.41. The van der Waals surface area contributed by atoms with E-state index in [0.717, 1.165) is 11.1 Å². The fraction of sp³-hybridized carbons (Fsp3) is 0.286. The first-order chi connectivity index (χ1) is 7.06. The van der Waals surface area contributed by atoms with Crippen LogP contribution < -0.4 is 21.9 Å². The number of aromatic nitrogens is 2. The van der Waals surface area contributed by atoms with Gasteiger partial charge in [0.2, 0.25) is 0 Å². The molecule has 0 saturated heterocycles. The van der Waals surface area contributed by atoms with Crippen molar-refractivity contribution in [1.29, 1.82) is 0 Å². The number of nitrogens with two attached hydrogens (primary N) is 1. The molecule has 0 atom stereocenters. The van der Waals surface area contributed by atoms with Crippen LogP contribution in [0.2, 0.25) is 0 Å². The number of rotatable bonds is 3. The zero-order chi connectivity index (χ0) is 11.4. The minimum absolute atomic E-state index is 0.195. The Kier molecular flexibility index (Phi) is 3.21. The van der Waals surface area contributed by atoms with Gasteiger partial charge < -0.3 is 10.7 Å². The molecular formula is C7H9FN4O3. The average Bonchev–Trinajstić information content (AvgIpc) is 2.15. The zero-order valence-corrected chi connectivity index (χ0v) is 7.62. The van der Waals surface area contributed by atoms with Gasteiger partial charge in [0.25, 0.3) is 5.56 Å². The molecule has 2 amide bonds. The molecule has 15 heavy (non-hydrogen) atoms. The number of H-pyrrole nitrogens is 2. The lowest BCUT2D eigenvalue weighted by molar-refractivity contribution is 0.253. The Labute approximate surface area is 82.7 Å². The molecule has 1 rings (SSSR count). The number of carbonyl (C=O) groups excluding carboxylic acids is 1. The summed E-state index contributed by atoms with van der Waals surface area (Å²) in [5, 5.41) is 0. The van der Waals surface area contributed by atoms with Crippen LogP contribution in [-0.2, 0) is 0 Å². The largest absolute Gasteiger partial charge is 0.351 e. The smallest absolute Gasteiger partial charge is 0.325 e. The molecule has 1 aromatic rings. The Bertz CT molecular complexity index is 466. The summed E-state index contributed by atoms with van der Waals surface area (Å²) in [7, 11) is 0. The molecule has 7 nitrogen and oxygen atoms in total. The number of anilines is 1. The second-order valence-corrected chi connectivity index (χ2v) is 2.64. The van der Waals surface area contributed by atoms with Gasteiger partial charge in [-0.1, -0.05) is 0 Å². The number of urea groups is 1. The minimum atomic E-state index is -0.967. The van der Waals surface area contributed by atoms with Crippen LogP contribution in [0.15, 0.2) is 15.8 Å². The summed E-state index contributed by atoms with van der Waals surface area (Å²) in [6.45, 7) is -1.19. The van der Waals surface area contributed by atoms with E-state index in [1.54, 1.807) is 0 Å². The maximum Gasteiger partial charge on any atom is 0.325 e. The Morgan fingerprint density at radius 2 is 2.20 bits per heavy atom. The summed E-state index contributed by atoms with van der Waals surface area (Å²) in [5.74, 6) is 0. The van der Waals surface area contributed by atoms with E-state index >= 15 is 0 Å². The Hall–Kier alpha value is -2.12. The van der Waals surface area contributed by atoms with Crippen molar-refractivity contribution < 1.29 is 9.18 Å². The van der Waals surface area contributed by atoms with Crippen LogP contribution in [0.25, 0.3) is 0 Å². The van der Waals surface area contributed by atoms with Gasteiger partial charge in [-0.3, -0.25) is 14.7 Å². The summed E-state index contributed by atoms with van der Waals surface area (Å²) in [6.07, 6.45) is 1.00. The normalized spacial score (nSPS) is 9.93. The maximum atomic E-state index is 12.1. The second-order valence-electron chi connectivity index (χ2n) is 2.64. The first kappa shape index (κ1) is 11.0. The van der Waals surface area contributed by atoms with Crippen molar-refractivity contribution in [3.63, 3.8) is 0 Å². The van der Waals surface area contributed by atoms with Crippen molar-refractivity contribution in [1.82, 2.24) is 9.97 Å². The van der Waals surface area contributed by atoms with E-state index in [2.05, 4.69) is 4.98 Å². The number of hydrogen-bond acceptors (Lipinski definition) is 3. The molecule has 0 bridgehead atoms. The lowest BCUT2D eigenvalue weighted by atomic mass is 10.4. The molecule has 1 heterocycles. The second kappa shape index (κ2) is 4.40. The topological polar surface area (TPSA) is 112 Å². The van der Waals surface area contributed by atoms with Crippen LogP contribution >= 0.6 is 0 Å². The number of nitrogens with one attached hydrogen (secondary N) is 2. The monoisotopic (exact) mass is 216 g/mol. The predicted molar refractivity (Wildman–Crippen MR) is 50.6 cm³/mol. The minimum Gasteiger partial charge on any atom is -0.351 e. The number of amides is 2. The number of hydrogen-bond donors (Lipinski definition) is 3. The van der Waals surface area contributed by atoms with E-state index in [4.69, 9.17) is 5.73 Å². The van der Waals surface area contributed by atoms with Gasteiger partial charge in [-0.05, 0) is 0 Å². The lowest BCUT2D eigenvalue weighted by Gasteiger charge is -2.16.